The standard InChI is InChI=1S/C26H24N10O5S2/c1-2-41-32-17(20-31-26(27)43-33-20)22(37)30-18-23(38)36-19(25(39)40)14(12-42-24(18)36)10-34-9-5-7-16-21(34)29-13-35(16)11-15-6-3-4-8-28-15/h3-9,13,18,24H,2,10-12H2,1H3,(H3-,27,30,31,33,37,39,40)/b32-17-. The van der Waals surface area contributed by atoms with Crippen LogP contribution in [0.25, 0.3) is 11.2 Å². The highest BCUT2D eigenvalue weighted by molar-refractivity contribution is 8.00. The molecule has 0 spiro atoms. The highest BCUT2D eigenvalue weighted by Gasteiger charge is 2.53. The number of hydrogen-bond acceptors (Lipinski definition) is 13. The maximum absolute atomic E-state index is 13.2. The van der Waals surface area contributed by atoms with Crippen LogP contribution in [-0.4, -0.2) is 76.1 Å². The molecule has 2 amide bonds. The summed E-state index contributed by atoms with van der Waals surface area (Å²) in [5, 5.41) is 18.2. The Morgan fingerprint density at radius 2 is 2.14 bits per heavy atom. The first kappa shape index (κ1) is 28.2. The number of carboxylic acid groups (broad SMARTS) is 1. The SMILES string of the molecule is CCO/N=C(\C(=O)NC1C(=O)N2C(C(=O)[O-])=C(C[n+]3cccc4c3ncn4Cc3ccccn3)CSC12)c1nsc(N)n1. The number of aromatic nitrogens is 6. The topological polar surface area (TPSA) is 198 Å². The minimum Gasteiger partial charge on any atom is -0.543 e. The van der Waals surface area contributed by atoms with Gasteiger partial charge in [-0.25, -0.2) is 4.57 Å². The van der Waals surface area contributed by atoms with Crippen molar-refractivity contribution in [3.05, 3.63) is 71.8 Å². The highest BCUT2D eigenvalue weighted by atomic mass is 32.2. The van der Waals surface area contributed by atoms with Crippen LogP contribution in [0.5, 0.6) is 0 Å². The van der Waals surface area contributed by atoms with E-state index in [9.17, 15) is 19.5 Å². The van der Waals surface area contributed by atoms with Gasteiger partial charge in [0.2, 0.25) is 17.9 Å². The Labute approximate surface area is 252 Å². The number of imidazole rings is 1. The highest BCUT2D eigenvalue weighted by Crippen LogP contribution is 2.40. The first-order chi connectivity index (χ1) is 20.9. The van der Waals surface area contributed by atoms with Crippen molar-refractivity contribution in [3.63, 3.8) is 0 Å². The van der Waals surface area contributed by atoms with Gasteiger partial charge in [0.1, 0.15) is 30.1 Å². The second-order valence-electron chi connectivity index (χ2n) is 9.45. The number of thioether (sulfide) groups is 1. The zero-order valence-electron chi connectivity index (χ0n) is 22.6. The lowest BCUT2D eigenvalue weighted by atomic mass is 10.0. The Hall–Kier alpha value is -4.90. The van der Waals surface area contributed by atoms with Gasteiger partial charge in [0.15, 0.2) is 5.13 Å². The molecule has 2 aliphatic heterocycles. The van der Waals surface area contributed by atoms with E-state index >= 15 is 0 Å². The number of β-lactam (4-membered cyclic amide) rings is 1. The summed E-state index contributed by atoms with van der Waals surface area (Å²) < 4.78 is 7.78. The number of oxime groups is 1. The van der Waals surface area contributed by atoms with Crippen LogP contribution in [0, 0.1) is 0 Å². The molecule has 0 bridgehead atoms. The number of nitrogens with zero attached hydrogens (tertiary/aromatic N) is 8. The van der Waals surface area contributed by atoms with Gasteiger partial charge in [0.05, 0.1) is 30.1 Å². The van der Waals surface area contributed by atoms with Crippen LogP contribution < -0.4 is 20.7 Å². The third-order valence-corrected chi connectivity index (χ3v) is 8.63. The molecule has 0 aromatic carbocycles. The van der Waals surface area contributed by atoms with Crippen molar-refractivity contribution in [1.29, 1.82) is 0 Å². The van der Waals surface area contributed by atoms with Crippen molar-refractivity contribution in [2.45, 2.75) is 31.4 Å². The van der Waals surface area contributed by atoms with Gasteiger partial charge in [-0.05, 0) is 36.2 Å². The van der Waals surface area contributed by atoms with E-state index in [0.717, 1.165) is 27.6 Å². The van der Waals surface area contributed by atoms with Crippen LogP contribution in [-0.2, 0) is 32.3 Å². The summed E-state index contributed by atoms with van der Waals surface area (Å²) in [4.78, 5) is 57.7. The number of pyridine rings is 2. The number of hydrogen-bond donors (Lipinski definition) is 2. The van der Waals surface area contributed by atoms with Crippen LogP contribution in [0.2, 0.25) is 0 Å². The number of rotatable bonds is 10. The van der Waals surface area contributed by atoms with Gasteiger partial charge in [-0.15, -0.1) is 11.8 Å². The fourth-order valence-corrected chi connectivity index (χ4v) is 6.62. The Balaban J connectivity index is 1.22. The number of anilines is 1. The van der Waals surface area contributed by atoms with E-state index in [1.54, 1.807) is 25.6 Å². The Morgan fingerprint density at radius 1 is 1.28 bits per heavy atom. The summed E-state index contributed by atoms with van der Waals surface area (Å²) in [5.74, 6) is -2.58. The molecule has 4 aromatic heterocycles. The van der Waals surface area contributed by atoms with Gasteiger partial charge in [0.25, 0.3) is 11.8 Å². The van der Waals surface area contributed by atoms with Gasteiger partial charge < -0.3 is 25.8 Å². The molecule has 6 heterocycles. The fourth-order valence-electron chi connectivity index (χ4n) is 4.85. The van der Waals surface area contributed by atoms with Gasteiger partial charge in [0, 0.05) is 29.1 Å². The molecular weight excluding hydrogens is 596 g/mol. The Kier molecular flexibility index (Phi) is 7.73. The molecule has 2 atom stereocenters. The smallest absolute Gasteiger partial charge is 0.349 e. The van der Waals surface area contributed by atoms with Crippen molar-refractivity contribution >= 4 is 63.1 Å². The molecule has 220 valence electrons. The number of nitrogen functional groups attached to an aromatic ring is 1. The summed E-state index contributed by atoms with van der Waals surface area (Å²) in [5.41, 5.74) is 8.03. The number of carboxylic acids is 1. The number of carbonyl (C=O) groups is 3. The van der Waals surface area contributed by atoms with Gasteiger partial charge in [-0.1, -0.05) is 11.2 Å². The summed E-state index contributed by atoms with van der Waals surface area (Å²) in [6.07, 6.45) is 5.24. The minimum absolute atomic E-state index is 0.0420. The summed E-state index contributed by atoms with van der Waals surface area (Å²) in [7, 11) is 0. The first-order valence-corrected chi connectivity index (χ1v) is 14.9. The Bertz CT molecular complexity index is 1790. The van der Waals surface area contributed by atoms with Crippen molar-refractivity contribution in [3.8, 4) is 0 Å². The van der Waals surface area contributed by atoms with Crippen molar-refractivity contribution < 1.29 is 28.9 Å². The molecule has 2 aliphatic rings. The summed E-state index contributed by atoms with van der Waals surface area (Å²) >= 11 is 2.21. The predicted octanol–water partition coefficient (Wildman–Crippen LogP) is -0.954. The van der Waals surface area contributed by atoms with Crippen LogP contribution in [0.1, 0.15) is 18.4 Å². The molecule has 17 heteroatoms. The molecule has 43 heavy (non-hydrogen) atoms. The number of carbonyl (C=O) groups excluding carboxylic acids is 3. The maximum Gasteiger partial charge on any atom is 0.349 e. The largest absolute Gasteiger partial charge is 0.543 e. The minimum atomic E-state index is -1.48. The van der Waals surface area contributed by atoms with E-state index in [2.05, 4.69) is 29.8 Å². The fraction of sp³-hybridized carbons (Fsp3) is 0.269. The Morgan fingerprint density at radius 3 is 2.86 bits per heavy atom. The number of nitrogens with two attached hydrogens (primary N) is 1. The molecule has 4 aromatic rings. The van der Waals surface area contributed by atoms with Gasteiger partial charge in [-0.2, -0.15) is 9.36 Å². The molecule has 1 fully saturated rings. The van der Waals surface area contributed by atoms with Crippen molar-refractivity contribution in [2.75, 3.05) is 18.1 Å². The van der Waals surface area contributed by atoms with E-state index in [0.29, 0.717) is 17.8 Å². The molecule has 2 unspecified atom stereocenters. The van der Waals surface area contributed by atoms with Crippen molar-refractivity contribution in [1.82, 2.24) is 34.1 Å². The van der Waals surface area contributed by atoms with E-state index in [-0.39, 0.29) is 41.3 Å². The van der Waals surface area contributed by atoms with E-state index in [1.807, 2.05) is 39.5 Å². The van der Waals surface area contributed by atoms with Crippen LogP contribution in [0.4, 0.5) is 5.13 Å². The monoisotopic (exact) mass is 620 g/mol. The molecule has 15 nitrogen and oxygen atoms in total. The van der Waals surface area contributed by atoms with Gasteiger partial charge in [-0.3, -0.25) is 24.0 Å². The van der Waals surface area contributed by atoms with E-state index in [1.165, 1.54) is 11.8 Å². The average molecular weight is 621 g/mol. The van der Waals surface area contributed by atoms with Crippen LogP contribution in [0.15, 0.2) is 65.5 Å². The van der Waals surface area contributed by atoms with Crippen LogP contribution >= 0.6 is 23.3 Å². The molecule has 3 N–H and O–H groups in total. The van der Waals surface area contributed by atoms with Crippen LogP contribution in [0.3, 0.4) is 0 Å². The number of aliphatic carboxylic acids is 1. The summed E-state index contributed by atoms with van der Waals surface area (Å²) in [6.45, 7) is 2.56. The predicted molar refractivity (Wildman–Crippen MR) is 153 cm³/mol. The molecule has 0 aliphatic carbocycles. The second-order valence-corrected chi connectivity index (χ2v) is 11.3. The quantitative estimate of drug-likeness (QED) is 0.0959. The van der Waals surface area contributed by atoms with E-state index < -0.39 is 29.2 Å². The molecule has 6 rings (SSSR count). The van der Waals surface area contributed by atoms with Crippen molar-refractivity contribution in [2.24, 2.45) is 5.16 Å². The molecular formula is C26H24N10O5S2. The lowest BCUT2D eigenvalue weighted by molar-refractivity contribution is -0.664. The first-order valence-electron chi connectivity index (χ1n) is 13.1. The average Bonchev–Trinajstić information content (AvgIpc) is 3.62. The second kappa shape index (κ2) is 11.8. The zero-order chi connectivity index (χ0) is 30.1. The molecule has 1 saturated heterocycles. The maximum atomic E-state index is 13.2. The number of fused-ring (bicyclic) bond motifs is 2. The third kappa shape index (κ3) is 5.39. The number of nitrogens with one attached hydrogen (secondary N) is 1. The zero-order valence-corrected chi connectivity index (χ0v) is 24.2. The summed E-state index contributed by atoms with van der Waals surface area (Å²) in [6, 6.07) is 8.46. The van der Waals surface area contributed by atoms with Gasteiger partial charge >= 0.3 is 5.65 Å². The number of amides is 2. The molecule has 0 radical (unpaired) electrons. The van der Waals surface area contributed by atoms with E-state index in [4.69, 9.17) is 10.6 Å². The molecule has 0 saturated carbocycles. The lowest BCUT2D eigenvalue weighted by Gasteiger charge is -2.50. The third-order valence-electron chi connectivity index (χ3n) is 6.75. The normalized spacial score (nSPS) is 18.4. The lowest BCUT2D eigenvalue weighted by Crippen LogP contribution is -2.71.